The van der Waals surface area contributed by atoms with Gasteiger partial charge in [-0.25, -0.2) is 0 Å². The number of aryl methyl sites for hydroxylation is 1. The first kappa shape index (κ1) is 15.3. The van der Waals surface area contributed by atoms with E-state index in [0.29, 0.717) is 5.13 Å². The van der Waals surface area contributed by atoms with Gasteiger partial charge in [0.2, 0.25) is 11.0 Å². The average molecular weight is 328 g/mol. The normalized spacial score (nSPS) is 12.1. The first-order valence-corrected chi connectivity index (χ1v) is 8.34. The van der Waals surface area contributed by atoms with Gasteiger partial charge in [-0.3, -0.25) is 10.1 Å². The summed E-state index contributed by atoms with van der Waals surface area (Å²) < 4.78 is 0.846. The molecule has 0 fully saturated rings. The summed E-state index contributed by atoms with van der Waals surface area (Å²) in [5, 5.41) is 10.5. The molecule has 2 aromatic rings. The second kappa shape index (κ2) is 7.61. The number of thioether (sulfide) groups is 1. The van der Waals surface area contributed by atoms with Gasteiger partial charge in [-0.15, -0.1) is 21.8 Å². The lowest BCUT2D eigenvalue weighted by Crippen LogP contribution is -2.20. The molecule has 0 saturated heterocycles. The number of amides is 1. The van der Waals surface area contributed by atoms with E-state index in [-0.39, 0.29) is 5.91 Å². The van der Waals surface area contributed by atoms with Gasteiger partial charge < -0.3 is 0 Å². The first-order chi connectivity index (χ1) is 9.65. The van der Waals surface area contributed by atoms with Crippen LogP contribution >= 0.6 is 34.7 Å². The van der Waals surface area contributed by atoms with Crippen LogP contribution < -0.4 is 5.32 Å². The van der Waals surface area contributed by atoms with Crippen molar-refractivity contribution < 1.29 is 4.79 Å². The summed E-state index contributed by atoms with van der Waals surface area (Å²) in [6.07, 6.45) is 0.978. The maximum Gasteiger partial charge on any atom is 0.243 e. The van der Waals surface area contributed by atoms with Crippen molar-refractivity contribution in [2.75, 3.05) is 11.1 Å². The molecule has 106 valence electrons. The van der Waals surface area contributed by atoms with Crippen LogP contribution in [-0.2, 0) is 11.2 Å². The van der Waals surface area contributed by atoms with Crippen LogP contribution in [0.15, 0.2) is 34.7 Å². The largest absolute Gasteiger partial charge is 0.299 e. The number of aromatic nitrogens is 2. The van der Waals surface area contributed by atoms with E-state index < -0.39 is 5.38 Å². The smallest absolute Gasteiger partial charge is 0.243 e. The second-order valence-electron chi connectivity index (χ2n) is 4.06. The van der Waals surface area contributed by atoms with Gasteiger partial charge in [0.1, 0.15) is 5.38 Å². The molecule has 1 aromatic heterocycles. The minimum atomic E-state index is -0.576. The molecule has 1 aromatic carbocycles. The lowest BCUT2D eigenvalue weighted by atomic mass is 10.2. The van der Waals surface area contributed by atoms with E-state index in [9.17, 15) is 4.79 Å². The molecule has 0 aliphatic carbocycles. The summed E-state index contributed by atoms with van der Waals surface area (Å²) in [5.41, 5.74) is 1.30. The molecule has 0 radical (unpaired) electrons. The molecule has 0 aliphatic heterocycles. The van der Waals surface area contributed by atoms with Crippen molar-refractivity contribution in [2.24, 2.45) is 0 Å². The standard InChI is InChI=1S/C13H14ClN3OS2/c1-9(14)11(18)15-12-16-17-13(20-12)19-8-7-10-5-3-2-4-6-10/h2-6,9H,7-8H2,1H3,(H,15,16,18). The zero-order valence-corrected chi connectivity index (χ0v) is 13.3. The third-order valence-corrected chi connectivity index (χ3v) is 4.63. The number of nitrogens with zero attached hydrogens (tertiary/aromatic N) is 2. The fourth-order valence-electron chi connectivity index (χ4n) is 1.42. The van der Waals surface area contributed by atoms with Crippen LogP contribution in [0.1, 0.15) is 12.5 Å². The molecule has 7 heteroatoms. The van der Waals surface area contributed by atoms with Crippen LogP contribution in [0.4, 0.5) is 5.13 Å². The zero-order valence-electron chi connectivity index (χ0n) is 10.9. The molecule has 0 aliphatic rings. The highest BCUT2D eigenvalue weighted by atomic mass is 35.5. The van der Waals surface area contributed by atoms with Crippen molar-refractivity contribution in [1.82, 2.24) is 10.2 Å². The number of halogens is 1. The number of nitrogens with one attached hydrogen (secondary N) is 1. The Morgan fingerprint density at radius 1 is 1.40 bits per heavy atom. The number of hydrogen-bond acceptors (Lipinski definition) is 5. The fourth-order valence-corrected chi connectivity index (χ4v) is 3.29. The Balaban J connectivity index is 1.80. The van der Waals surface area contributed by atoms with Crippen LogP contribution in [0, 0.1) is 0 Å². The van der Waals surface area contributed by atoms with Gasteiger partial charge in [0.15, 0.2) is 4.34 Å². The Morgan fingerprint density at radius 2 is 2.15 bits per heavy atom. The van der Waals surface area contributed by atoms with Crippen LogP contribution in [-0.4, -0.2) is 27.2 Å². The van der Waals surface area contributed by atoms with Crippen molar-refractivity contribution in [2.45, 2.75) is 23.1 Å². The molecule has 0 bridgehead atoms. The number of alkyl halides is 1. The van der Waals surface area contributed by atoms with E-state index in [0.717, 1.165) is 16.5 Å². The first-order valence-electron chi connectivity index (χ1n) is 6.10. The maximum atomic E-state index is 11.4. The number of anilines is 1. The number of hydrogen-bond donors (Lipinski definition) is 1. The Bertz CT molecular complexity index is 560. The van der Waals surface area contributed by atoms with Crippen LogP contribution in [0.2, 0.25) is 0 Å². The average Bonchev–Trinajstić information content (AvgIpc) is 2.87. The monoisotopic (exact) mass is 327 g/mol. The van der Waals surface area contributed by atoms with Crippen LogP contribution in [0.3, 0.4) is 0 Å². The molecule has 1 heterocycles. The predicted molar refractivity (Wildman–Crippen MR) is 84.7 cm³/mol. The summed E-state index contributed by atoms with van der Waals surface area (Å²) in [6, 6.07) is 10.3. The highest BCUT2D eigenvalue weighted by molar-refractivity contribution is 8.01. The summed E-state index contributed by atoms with van der Waals surface area (Å²) >= 11 is 8.67. The highest BCUT2D eigenvalue weighted by Gasteiger charge is 2.12. The van der Waals surface area contributed by atoms with Crippen molar-refractivity contribution in [3.63, 3.8) is 0 Å². The summed E-state index contributed by atoms with van der Waals surface area (Å²) in [5.74, 6) is 0.669. The molecule has 20 heavy (non-hydrogen) atoms. The Kier molecular flexibility index (Phi) is 5.82. The fraction of sp³-hybridized carbons (Fsp3) is 0.308. The van der Waals surface area contributed by atoms with Gasteiger partial charge in [-0.2, -0.15) is 0 Å². The zero-order chi connectivity index (χ0) is 14.4. The molecule has 1 amide bonds. The minimum absolute atomic E-state index is 0.261. The van der Waals surface area contributed by atoms with E-state index in [1.807, 2.05) is 18.2 Å². The van der Waals surface area contributed by atoms with Crippen LogP contribution in [0.25, 0.3) is 0 Å². The number of rotatable bonds is 6. The van der Waals surface area contributed by atoms with Crippen molar-refractivity contribution >= 4 is 45.7 Å². The topological polar surface area (TPSA) is 54.9 Å². The third-order valence-electron chi connectivity index (χ3n) is 2.46. The number of carbonyl (C=O) groups is 1. The quantitative estimate of drug-likeness (QED) is 0.501. The van der Waals surface area contributed by atoms with Crippen molar-refractivity contribution in [3.8, 4) is 0 Å². The van der Waals surface area contributed by atoms with E-state index in [1.54, 1.807) is 18.7 Å². The van der Waals surface area contributed by atoms with Crippen molar-refractivity contribution in [3.05, 3.63) is 35.9 Å². The van der Waals surface area contributed by atoms with E-state index in [2.05, 4.69) is 27.6 Å². The van der Waals surface area contributed by atoms with E-state index in [4.69, 9.17) is 11.6 Å². The molecule has 4 nitrogen and oxygen atoms in total. The number of carbonyl (C=O) groups excluding carboxylic acids is 1. The maximum absolute atomic E-state index is 11.4. The molecule has 0 spiro atoms. The SMILES string of the molecule is CC(Cl)C(=O)Nc1nnc(SCCc2ccccc2)s1. The lowest BCUT2D eigenvalue weighted by Gasteiger charge is -2.00. The van der Waals surface area contributed by atoms with Crippen LogP contribution in [0.5, 0.6) is 0 Å². The van der Waals surface area contributed by atoms with Gasteiger partial charge in [0.25, 0.3) is 0 Å². The van der Waals surface area contributed by atoms with Crippen molar-refractivity contribution in [1.29, 1.82) is 0 Å². The summed E-state index contributed by atoms with van der Waals surface area (Å²) in [7, 11) is 0. The van der Waals surface area contributed by atoms with E-state index >= 15 is 0 Å². The summed E-state index contributed by atoms with van der Waals surface area (Å²) in [6.45, 7) is 1.62. The second-order valence-corrected chi connectivity index (χ2v) is 7.04. The number of benzene rings is 1. The van der Waals surface area contributed by atoms with Gasteiger partial charge in [0, 0.05) is 5.75 Å². The molecule has 1 N–H and O–H groups in total. The lowest BCUT2D eigenvalue weighted by molar-refractivity contribution is -0.115. The molecule has 0 saturated carbocycles. The molecule has 1 unspecified atom stereocenters. The molecule has 2 rings (SSSR count). The molecular formula is C13H14ClN3OS2. The van der Waals surface area contributed by atoms with Gasteiger partial charge in [-0.05, 0) is 18.9 Å². The highest BCUT2D eigenvalue weighted by Crippen LogP contribution is 2.26. The molecule has 1 atom stereocenters. The molecular weight excluding hydrogens is 314 g/mol. The summed E-state index contributed by atoms with van der Waals surface area (Å²) in [4.78, 5) is 11.4. The Labute approximate surface area is 130 Å². The van der Waals surface area contributed by atoms with E-state index in [1.165, 1.54) is 16.9 Å². The van der Waals surface area contributed by atoms with Gasteiger partial charge in [-0.1, -0.05) is 53.4 Å². The minimum Gasteiger partial charge on any atom is -0.299 e. The van der Waals surface area contributed by atoms with Gasteiger partial charge in [0.05, 0.1) is 0 Å². The predicted octanol–water partition coefficient (Wildman–Crippen LogP) is 3.44. The van der Waals surface area contributed by atoms with Gasteiger partial charge >= 0.3 is 0 Å². The Morgan fingerprint density at radius 3 is 2.85 bits per heavy atom. The Hall–Kier alpha value is -1.11. The third kappa shape index (κ3) is 4.77.